The van der Waals surface area contributed by atoms with Gasteiger partial charge in [-0.15, -0.1) is 5.10 Å². The van der Waals surface area contributed by atoms with Crippen molar-refractivity contribution >= 4 is 21.5 Å². The summed E-state index contributed by atoms with van der Waals surface area (Å²) in [6, 6.07) is 7.37. The predicted molar refractivity (Wildman–Crippen MR) is 147 cm³/mol. The van der Waals surface area contributed by atoms with Crippen molar-refractivity contribution in [1.82, 2.24) is 9.73 Å². The van der Waals surface area contributed by atoms with E-state index in [1.807, 2.05) is 23.1 Å². The van der Waals surface area contributed by atoms with Crippen LogP contribution in [-0.4, -0.2) is 51.2 Å². The molecule has 2 rings (SSSR count). The molecule has 1 saturated heterocycles. The number of amidine groups is 1. The van der Waals surface area contributed by atoms with Gasteiger partial charge in [0.25, 0.3) is 0 Å². The summed E-state index contributed by atoms with van der Waals surface area (Å²) in [6.07, 6.45) is 17.4. The van der Waals surface area contributed by atoms with Crippen molar-refractivity contribution in [3.8, 4) is 0 Å². The predicted octanol–water partition coefficient (Wildman–Crippen LogP) is 5.66. The zero-order chi connectivity index (χ0) is 25.2. The first-order valence-corrected chi connectivity index (χ1v) is 15.4. The number of morpholine rings is 1. The van der Waals surface area contributed by atoms with Crippen LogP contribution in [0.4, 0.5) is 5.69 Å². The summed E-state index contributed by atoms with van der Waals surface area (Å²) < 4.78 is 30.5. The van der Waals surface area contributed by atoms with E-state index in [4.69, 9.17) is 10.5 Å². The van der Waals surface area contributed by atoms with Gasteiger partial charge < -0.3 is 15.4 Å². The van der Waals surface area contributed by atoms with Crippen LogP contribution >= 0.6 is 0 Å². The molecule has 0 spiro atoms. The SMILES string of the molecule is CCCCCCCCCCCCCCCCS(=O)(=O)NN=C(c1cccc(N)c1)N1CCOCC1. The molecule has 8 heteroatoms. The maximum Gasteiger partial charge on any atom is 0.247 e. The molecule has 3 N–H and O–H groups in total. The van der Waals surface area contributed by atoms with Gasteiger partial charge in [-0.05, 0) is 18.6 Å². The molecule has 0 atom stereocenters. The Morgan fingerprint density at radius 1 is 0.914 bits per heavy atom. The number of anilines is 1. The summed E-state index contributed by atoms with van der Waals surface area (Å²) in [5.74, 6) is 0.687. The standard InChI is InChI=1S/C27H48N4O3S/c1-2-3-4-5-6-7-8-9-10-11-12-13-14-15-23-35(32,33)30-29-27(31-19-21-34-22-20-31)25-17-16-18-26(28)24-25/h16-18,24,30H,2-15,19-23,28H2,1H3. The molecule has 200 valence electrons. The molecule has 0 amide bonds. The fourth-order valence-electron chi connectivity index (χ4n) is 4.42. The van der Waals surface area contributed by atoms with Crippen LogP contribution in [0.1, 0.15) is 102 Å². The van der Waals surface area contributed by atoms with Gasteiger partial charge in [0.1, 0.15) is 0 Å². The quantitative estimate of drug-likeness (QED) is 0.0876. The van der Waals surface area contributed by atoms with E-state index < -0.39 is 10.0 Å². The fourth-order valence-corrected chi connectivity index (χ4v) is 5.32. The van der Waals surface area contributed by atoms with Crippen LogP contribution in [0, 0.1) is 0 Å². The highest BCUT2D eigenvalue weighted by molar-refractivity contribution is 7.89. The Morgan fingerprint density at radius 3 is 2.00 bits per heavy atom. The summed E-state index contributed by atoms with van der Waals surface area (Å²) in [6.45, 7) is 4.76. The van der Waals surface area contributed by atoms with Crippen molar-refractivity contribution in [2.45, 2.75) is 96.8 Å². The van der Waals surface area contributed by atoms with E-state index in [0.717, 1.165) is 18.4 Å². The van der Waals surface area contributed by atoms with Crippen molar-refractivity contribution in [3.63, 3.8) is 0 Å². The number of hydrogen-bond acceptors (Lipinski definition) is 5. The van der Waals surface area contributed by atoms with Gasteiger partial charge in [0.15, 0.2) is 5.84 Å². The molecular formula is C27H48N4O3S. The van der Waals surface area contributed by atoms with Crippen LogP contribution in [0.2, 0.25) is 0 Å². The molecule has 1 aromatic rings. The van der Waals surface area contributed by atoms with Crippen LogP contribution in [-0.2, 0) is 14.8 Å². The lowest BCUT2D eigenvalue weighted by Crippen LogP contribution is -2.42. The Morgan fingerprint density at radius 2 is 1.46 bits per heavy atom. The number of unbranched alkanes of at least 4 members (excludes halogenated alkanes) is 13. The number of benzene rings is 1. The molecule has 1 heterocycles. The third kappa shape index (κ3) is 13.2. The first-order chi connectivity index (χ1) is 17.0. The average Bonchev–Trinajstić information content (AvgIpc) is 2.85. The second kappa shape index (κ2) is 17.6. The molecule has 7 nitrogen and oxygen atoms in total. The Balaban J connectivity index is 1.63. The Hall–Kier alpha value is -1.80. The fraction of sp³-hybridized carbons (Fsp3) is 0.741. The van der Waals surface area contributed by atoms with E-state index in [0.29, 0.717) is 44.2 Å². The highest BCUT2D eigenvalue weighted by Crippen LogP contribution is 2.14. The third-order valence-corrected chi connectivity index (χ3v) is 7.71. The van der Waals surface area contributed by atoms with E-state index >= 15 is 0 Å². The Labute approximate surface area is 213 Å². The van der Waals surface area contributed by atoms with E-state index in [1.165, 1.54) is 70.6 Å². The van der Waals surface area contributed by atoms with Gasteiger partial charge in [-0.2, -0.15) is 0 Å². The molecule has 1 aliphatic rings. The number of rotatable bonds is 18. The molecule has 0 saturated carbocycles. The highest BCUT2D eigenvalue weighted by atomic mass is 32.2. The van der Waals surface area contributed by atoms with E-state index in [-0.39, 0.29) is 5.75 Å². The maximum absolute atomic E-state index is 12.5. The highest BCUT2D eigenvalue weighted by Gasteiger charge is 2.19. The molecule has 0 radical (unpaired) electrons. The second-order valence-electron chi connectivity index (χ2n) is 9.67. The molecule has 1 aromatic carbocycles. The summed E-state index contributed by atoms with van der Waals surface area (Å²) in [7, 11) is -3.48. The number of nitrogens with one attached hydrogen (secondary N) is 1. The van der Waals surface area contributed by atoms with E-state index in [2.05, 4.69) is 16.9 Å². The van der Waals surface area contributed by atoms with Crippen LogP contribution in [0.3, 0.4) is 0 Å². The first kappa shape index (κ1) is 29.4. The van der Waals surface area contributed by atoms with Gasteiger partial charge in [0.2, 0.25) is 10.0 Å². The number of nitrogens with two attached hydrogens (primary N) is 1. The summed E-state index contributed by atoms with van der Waals surface area (Å²) in [5, 5.41) is 4.31. The third-order valence-electron chi connectivity index (χ3n) is 6.51. The summed E-state index contributed by atoms with van der Waals surface area (Å²) in [5.41, 5.74) is 7.35. The topological polar surface area (TPSA) is 97.0 Å². The van der Waals surface area contributed by atoms with Gasteiger partial charge in [-0.3, -0.25) is 0 Å². The van der Waals surface area contributed by atoms with Crippen molar-refractivity contribution in [1.29, 1.82) is 0 Å². The zero-order valence-corrected chi connectivity index (χ0v) is 22.7. The molecule has 0 aromatic heterocycles. The van der Waals surface area contributed by atoms with Gasteiger partial charge in [-0.1, -0.05) is 103 Å². The lowest BCUT2D eigenvalue weighted by Gasteiger charge is -2.29. The summed E-state index contributed by atoms with van der Waals surface area (Å²) >= 11 is 0. The molecule has 0 aliphatic carbocycles. The van der Waals surface area contributed by atoms with E-state index in [9.17, 15) is 8.42 Å². The van der Waals surface area contributed by atoms with Crippen LogP contribution in [0.15, 0.2) is 29.4 Å². The number of hydrogen-bond donors (Lipinski definition) is 2. The van der Waals surface area contributed by atoms with Gasteiger partial charge in [0.05, 0.1) is 19.0 Å². The van der Waals surface area contributed by atoms with Crippen LogP contribution in [0.5, 0.6) is 0 Å². The minimum Gasteiger partial charge on any atom is -0.399 e. The Kier molecular flexibility index (Phi) is 14.8. The lowest BCUT2D eigenvalue weighted by molar-refractivity contribution is 0.0681. The van der Waals surface area contributed by atoms with E-state index in [1.54, 1.807) is 6.07 Å². The maximum atomic E-state index is 12.5. The minimum absolute atomic E-state index is 0.0991. The number of ether oxygens (including phenoxy) is 1. The smallest absolute Gasteiger partial charge is 0.247 e. The van der Waals surface area contributed by atoms with Gasteiger partial charge >= 0.3 is 0 Å². The van der Waals surface area contributed by atoms with Gasteiger partial charge in [0, 0.05) is 24.3 Å². The molecule has 0 unspecified atom stereocenters. The van der Waals surface area contributed by atoms with Crippen LogP contribution in [0.25, 0.3) is 0 Å². The molecule has 0 bridgehead atoms. The minimum atomic E-state index is -3.48. The van der Waals surface area contributed by atoms with Crippen molar-refractivity contribution in [2.75, 3.05) is 37.8 Å². The van der Waals surface area contributed by atoms with Crippen molar-refractivity contribution in [2.24, 2.45) is 5.10 Å². The normalized spacial score (nSPS) is 14.9. The van der Waals surface area contributed by atoms with Crippen molar-refractivity contribution < 1.29 is 13.2 Å². The zero-order valence-electron chi connectivity index (χ0n) is 21.8. The largest absolute Gasteiger partial charge is 0.399 e. The van der Waals surface area contributed by atoms with Crippen molar-refractivity contribution in [3.05, 3.63) is 29.8 Å². The van der Waals surface area contributed by atoms with Gasteiger partial charge in [-0.25, -0.2) is 13.2 Å². The Bertz CT molecular complexity index is 823. The average molecular weight is 509 g/mol. The lowest BCUT2D eigenvalue weighted by atomic mass is 10.0. The first-order valence-electron chi connectivity index (χ1n) is 13.8. The molecule has 1 fully saturated rings. The second-order valence-corrected chi connectivity index (χ2v) is 11.5. The molecule has 35 heavy (non-hydrogen) atoms. The molecule has 1 aliphatic heterocycles. The number of nitrogen functional groups attached to an aromatic ring is 1. The number of hydrazone groups is 1. The van der Waals surface area contributed by atoms with Crippen LogP contribution < -0.4 is 10.6 Å². The number of nitrogens with zero attached hydrogens (tertiary/aromatic N) is 2. The monoisotopic (exact) mass is 508 g/mol. The molecular weight excluding hydrogens is 460 g/mol. The summed E-state index contributed by atoms with van der Waals surface area (Å²) in [4.78, 5) is 4.49. The number of sulfonamides is 1.